The predicted molar refractivity (Wildman–Crippen MR) is 49.1 cm³/mol. The van der Waals surface area contributed by atoms with Crippen LogP contribution in [-0.4, -0.2) is 10.2 Å². The van der Waals surface area contributed by atoms with Crippen molar-refractivity contribution in [3.05, 3.63) is 24.0 Å². The van der Waals surface area contributed by atoms with E-state index in [4.69, 9.17) is 5.11 Å². The SMILES string of the molecule is CCCC[n+]1cc(O)ccc1CO. The zero-order chi connectivity index (χ0) is 9.68. The van der Waals surface area contributed by atoms with Gasteiger partial charge in [0, 0.05) is 12.5 Å². The minimum atomic E-state index is 0.0179. The van der Waals surface area contributed by atoms with Crippen molar-refractivity contribution in [1.82, 2.24) is 0 Å². The van der Waals surface area contributed by atoms with Crippen molar-refractivity contribution in [2.24, 2.45) is 0 Å². The first-order valence-electron chi connectivity index (χ1n) is 4.60. The Kier molecular flexibility index (Phi) is 3.71. The number of aryl methyl sites for hydroxylation is 1. The number of hydrogen-bond acceptors (Lipinski definition) is 2. The second-order valence-electron chi connectivity index (χ2n) is 3.08. The summed E-state index contributed by atoms with van der Waals surface area (Å²) in [6.45, 7) is 2.98. The molecule has 0 amide bonds. The second-order valence-corrected chi connectivity index (χ2v) is 3.08. The van der Waals surface area contributed by atoms with E-state index in [0.29, 0.717) is 0 Å². The molecule has 0 saturated carbocycles. The fraction of sp³-hybridized carbons (Fsp3) is 0.500. The van der Waals surface area contributed by atoms with E-state index in [1.54, 1.807) is 18.3 Å². The van der Waals surface area contributed by atoms with E-state index in [9.17, 15) is 5.11 Å². The van der Waals surface area contributed by atoms with Crippen LogP contribution in [0.4, 0.5) is 0 Å². The van der Waals surface area contributed by atoms with Crippen molar-refractivity contribution in [2.75, 3.05) is 0 Å². The number of unbranched alkanes of at least 4 members (excludes halogenated alkanes) is 1. The molecular formula is C10H16NO2+. The van der Waals surface area contributed by atoms with Gasteiger partial charge >= 0.3 is 0 Å². The third-order valence-electron chi connectivity index (χ3n) is 2.02. The number of hydrogen-bond donors (Lipinski definition) is 2. The molecule has 0 aliphatic carbocycles. The molecule has 1 heterocycles. The van der Waals surface area contributed by atoms with Crippen LogP contribution >= 0.6 is 0 Å². The average molecular weight is 182 g/mol. The van der Waals surface area contributed by atoms with Crippen molar-refractivity contribution in [3.8, 4) is 5.75 Å². The first-order valence-corrected chi connectivity index (χ1v) is 4.60. The van der Waals surface area contributed by atoms with Crippen molar-refractivity contribution in [3.63, 3.8) is 0 Å². The molecule has 0 aromatic carbocycles. The topological polar surface area (TPSA) is 44.3 Å². The Morgan fingerprint density at radius 3 is 2.77 bits per heavy atom. The molecule has 0 spiro atoms. The second kappa shape index (κ2) is 4.82. The number of aliphatic hydroxyl groups excluding tert-OH is 1. The highest BCUT2D eigenvalue weighted by Gasteiger charge is 2.09. The minimum absolute atomic E-state index is 0.0179. The summed E-state index contributed by atoms with van der Waals surface area (Å²) in [5.41, 5.74) is 0.839. The van der Waals surface area contributed by atoms with Crippen molar-refractivity contribution in [1.29, 1.82) is 0 Å². The highest BCUT2D eigenvalue weighted by atomic mass is 16.3. The Morgan fingerprint density at radius 1 is 1.38 bits per heavy atom. The molecule has 3 nitrogen and oxygen atoms in total. The molecule has 1 aromatic rings. The zero-order valence-electron chi connectivity index (χ0n) is 7.90. The summed E-state index contributed by atoms with van der Waals surface area (Å²) in [4.78, 5) is 0. The molecular weight excluding hydrogens is 166 g/mol. The van der Waals surface area contributed by atoms with Crippen LogP contribution in [0.1, 0.15) is 25.5 Å². The van der Waals surface area contributed by atoms with Gasteiger partial charge in [0.25, 0.3) is 0 Å². The summed E-state index contributed by atoms with van der Waals surface area (Å²) in [7, 11) is 0. The highest BCUT2D eigenvalue weighted by Crippen LogP contribution is 2.05. The van der Waals surface area contributed by atoms with Gasteiger partial charge in [0.2, 0.25) is 11.9 Å². The molecule has 0 bridgehead atoms. The fourth-order valence-corrected chi connectivity index (χ4v) is 1.24. The largest absolute Gasteiger partial charge is 0.503 e. The molecule has 0 aliphatic heterocycles. The molecule has 2 N–H and O–H groups in total. The van der Waals surface area contributed by atoms with Crippen molar-refractivity contribution >= 4 is 0 Å². The maximum Gasteiger partial charge on any atom is 0.211 e. The first kappa shape index (κ1) is 9.99. The zero-order valence-corrected chi connectivity index (χ0v) is 7.90. The normalized spacial score (nSPS) is 10.3. The number of nitrogens with zero attached hydrogens (tertiary/aromatic N) is 1. The first-order chi connectivity index (χ1) is 6.27. The third kappa shape index (κ3) is 2.70. The van der Waals surface area contributed by atoms with E-state index in [-0.39, 0.29) is 12.4 Å². The molecule has 3 heteroatoms. The number of aliphatic hydroxyl groups is 1. The number of aromatic hydroxyl groups is 1. The third-order valence-corrected chi connectivity index (χ3v) is 2.02. The van der Waals surface area contributed by atoms with Crippen LogP contribution in [0, 0.1) is 0 Å². The summed E-state index contributed by atoms with van der Waals surface area (Å²) < 4.78 is 1.89. The Labute approximate surface area is 78.3 Å². The van der Waals surface area contributed by atoms with Crippen molar-refractivity contribution < 1.29 is 14.8 Å². The minimum Gasteiger partial charge on any atom is -0.503 e. The summed E-state index contributed by atoms with van der Waals surface area (Å²) in [5, 5.41) is 18.2. The lowest BCUT2D eigenvalue weighted by Gasteiger charge is -2.00. The van der Waals surface area contributed by atoms with Gasteiger partial charge in [0.05, 0.1) is 0 Å². The lowest BCUT2D eigenvalue weighted by Crippen LogP contribution is -2.37. The van der Waals surface area contributed by atoms with Gasteiger partial charge in [0.15, 0.2) is 5.75 Å². The lowest BCUT2D eigenvalue weighted by atomic mass is 10.3. The van der Waals surface area contributed by atoms with E-state index >= 15 is 0 Å². The molecule has 13 heavy (non-hydrogen) atoms. The van der Waals surface area contributed by atoms with Gasteiger partial charge in [-0.2, -0.15) is 4.57 Å². The Bertz CT molecular complexity index is 274. The van der Waals surface area contributed by atoms with Crippen LogP contribution in [0.3, 0.4) is 0 Å². The quantitative estimate of drug-likeness (QED) is 0.681. The van der Waals surface area contributed by atoms with E-state index in [1.165, 1.54) is 0 Å². The van der Waals surface area contributed by atoms with E-state index in [0.717, 1.165) is 25.1 Å². The monoisotopic (exact) mass is 182 g/mol. The number of rotatable bonds is 4. The van der Waals surface area contributed by atoms with Gasteiger partial charge in [-0.3, -0.25) is 0 Å². The van der Waals surface area contributed by atoms with Gasteiger partial charge in [-0.15, -0.1) is 0 Å². The Hall–Kier alpha value is -1.09. The van der Waals surface area contributed by atoms with Gasteiger partial charge in [-0.1, -0.05) is 13.3 Å². The Balaban J connectivity index is 2.81. The predicted octanol–water partition coefficient (Wildman–Crippen LogP) is 0.972. The summed E-state index contributed by atoms with van der Waals surface area (Å²) in [6, 6.07) is 3.33. The van der Waals surface area contributed by atoms with E-state index < -0.39 is 0 Å². The standard InChI is InChI=1S/C10H15NO2/c1-2-3-6-11-7-10(13)5-4-9(11)8-12/h4-5,7,12H,2-3,6,8H2,1H3/p+1. The van der Waals surface area contributed by atoms with Crippen LogP contribution in [0.15, 0.2) is 18.3 Å². The number of aromatic nitrogens is 1. The maximum absolute atomic E-state index is 9.23. The smallest absolute Gasteiger partial charge is 0.211 e. The number of pyridine rings is 1. The summed E-state index contributed by atoms with van der Waals surface area (Å²) in [6.07, 6.45) is 3.82. The molecule has 0 unspecified atom stereocenters. The lowest BCUT2D eigenvalue weighted by molar-refractivity contribution is -0.706. The van der Waals surface area contributed by atoms with Gasteiger partial charge in [0.1, 0.15) is 13.2 Å². The van der Waals surface area contributed by atoms with Crippen LogP contribution in [0.25, 0.3) is 0 Å². The van der Waals surface area contributed by atoms with Crippen molar-refractivity contribution in [2.45, 2.75) is 32.9 Å². The maximum atomic E-state index is 9.23. The van der Waals surface area contributed by atoms with Crippen LogP contribution in [-0.2, 0) is 13.2 Å². The molecule has 0 saturated heterocycles. The fourth-order valence-electron chi connectivity index (χ4n) is 1.24. The van der Waals surface area contributed by atoms with Gasteiger partial charge in [-0.05, 0) is 6.07 Å². The Morgan fingerprint density at radius 2 is 2.15 bits per heavy atom. The van der Waals surface area contributed by atoms with E-state index in [1.807, 2.05) is 4.57 Å². The van der Waals surface area contributed by atoms with Crippen LogP contribution in [0.5, 0.6) is 5.75 Å². The van der Waals surface area contributed by atoms with Crippen LogP contribution < -0.4 is 4.57 Å². The van der Waals surface area contributed by atoms with Gasteiger partial charge in [-0.25, -0.2) is 0 Å². The highest BCUT2D eigenvalue weighted by molar-refractivity contribution is 5.13. The summed E-state index contributed by atoms with van der Waals surface area (Å²) >= 11 is 0. The molecule has 0 fully saturated rings. The molecule has 0 radical (unpaired) electrons. The summed E-state index contributed by atoms with van der Waals surface area (Å²) in [5.74, 6) is 0.244. The van der Waals surface area contributed by atoms with Crippen LogP contribution in [0.2, 0.25) is 0 Å². The molecule has 0 atom stereocenters. The molecule has 1 aromatic heterocycles. The molecule has 0 aliphatic rings. The van der Waals surface area contributed by atoms with E-state index in [2.05, 4.69) is 6.92 Å². The molecule has 72 valence electrons. The van der Waals surface area contributed by atoms with Gasteiger partial charge < -0.3 is 10.2 Å². The average Bonchev–Trinajstić information content (AvgIpc) is 2.15. The molecule has 1 rings (SSSR count).